The molecule has 0 amide bonds. The number of pyridine rings is 1. The third kappa shape index (κ3) is 2.29. The Morgan fingerprint density at radius 1 is 1.14 bits per heavy atom. The Bertz CT molecular complexity index is 823. The van der Waals surface area contributed by atoms with Crippen LogP contribution < -0.4 is 4.74 Å². The lowest BCUT2D eigenvalue weighted by atomic mass is 10.00. The molecular formula is C19H19NO2. The summed E-state index contributed by atoms with van der Waals surface area (Å²) in [7, 11) is 0. The molecule has 2 aromatic heterocycles. The van der Waals surface area contributed by atoms with E-state index in [2.05, 4.69) is 18.2 Å². The largest absolute Gasteiger partial charge is 0.493 e. The van der Waals surface area contributed by atoms with Crippen LogP contribution in [0.1, 0.15) is 28.5 Å². The van der Waals surface area contributed by atoms with Gasteiger partial charge in [0, 0.05) is 17.3 Å². The van der Waals surface area contributed by atoms with Gasteiger partial charge in [-0.05, 0) is 67.8 Å². The normalized spacial score (nSPS) is 10.9. The topological polar surface area (TPSA) is 30.7 Å². The Labute approximate surface area is 130 Å². The highest BCUT2D eigenvalue weighted by atomic mass is 16.5. The van der Waals surface area contributed by atoms with Crippen LogP contribution in [0.15, 0.2) is 42.6 Å². The van der Waals surface area contributed by atoms with Crippen molar-refractivity contribution in [2.24, 2.45) is 0 Å². The van der Waals surface area contributed by atoms with Gasteiger partial charge < -0.3 is 9.14 Å². The van der Waals surface area contributed by atoms with Crippen LogP contribution >= 0.6 is 0 Å². The fourth-order valence-electron chi connectivity index (χ4n) is 2.97. The molecule has 0 aliphatic heterocycles. The second-order valence-corrected chi connectivity index (χ2v) is 5.43. The molecule has 0 bridgehead atoms. The van der Waals surface area contributed by atoms with Crippen LogP contribution in [0, 0.1) is 13.8 Å². The summed E-state index contributed by atoms with van der Waals surface area (Å²) in [5.74, 6) is 0.933. The number of fused-ring (bicyclic) bond motifs is 1. The Morgan fingerprint density at radius 2 is 1.86 bits per heavy atom. The molecule has 3 rings (SSSR count). The van der Waals surface area contributed by atoms with Gasteiger partial charge in [-0.25, -0.2) is 0 Å². The van der Waals surface area contributed by atoms with Gasteiger partial charge in [-0.3, -0.25) is 4.79 Å². The lowest BCUT2D eigenvalue weighted by Gasteiger charge is -2.12. The maximum absolute atomic E-state index is 11.6. The van der Waals surface area contributed by atoms with Crippen LogP contribution in [-0.2, 0) is 0 Å². The lowest BCUT2D eigenvalue weighted by molar-refractivity contribution is 0.111. The van der Waals surface area contributed by atoms with Gasteiger partial charge in [0.15, 0.2) is 6.29 Å². The van der Waals surface area contributed by atoms with Crippen LogP contribution in [0.25, 0.3) is 16.6 Å². The molecule has 22 heavy (non-hydrogen) atoms. The minimum Gasteiger partial charge on any atom is -0.493 e. The van der Waals surface area contributed by atoms with E-state index in [-0.39, 0.29) is 0 Å². The molecule has 112 valence electrons. The average Bonchev–Trinajstić information content (AvgIpc) is 2.89. The number of carbonyl (C=O) groups is 1. The summed E-state index contributed by atoms with van der Waals surface area (Å²) < 4.78 is 7.62. The van der Waals surface area contributed by atoms with Gasteiger partial charge in [0.25, 0.3) is 0 Å². The summed E-state index contributed by atoms with van der Waals surface area (Å²) in [5, 5.41) is 0. The molecule has 3 nitrogen and oxygen atoms in total. The summed E-state index contributed by atoms with van der Waals surface area (Å²) in [6.45, 7) is 6.71. The average molecular weight is 293 g/mol. The summed E-state index contributed by atoms with van der Waals surface area (Å²) in [6, 6.07) is 12.1. The summed E-state index contributed by atoms with van der Waals surface area (Å²) in [4.78, 5) is 11.6. The Balaban J connectivity index is 2.21. The number of hydrogen-bond acceptors (Lipinski definition) is 2. The van der Waals surface area contributed by atoms with E-state index in [4.69, 9.17) is 4.74 Å². The smallest absolute Gasteiger partial charge is 0.167 e. The van der Waals surface area contributed by atoms with Crippen molar-refractivity contribution >= 4 is 11.8 Å². The van der Waals surface area contributed by atoms with Crippen molar-refractivity contribution in [3.8, 4) is 16.9 Å². The number of hydrogen-bond donors (Lipinski definition) is 0. The van der Waals surface area contributed by atoms with Gasteiger partial charge in [0.1, 0.15) is 5.75 Å². The minimum absolute atomic E-state index is 0.650. The molecule has 0 aliphatic rings. The predicted octanol–water partition coefficient (Wildman–Crippen LogP) is 4.43. The summed E-state index contributed by atoms with van der Waals surface area (Å²) >= 11 is 0. The highest BCUT2D eigenvalue weighted by Gasteiger charge is 2.14. The molecule has 0 aliphatic carbocycles. The van der Waals surface area contributed by atoms with Crippen LogP contribution in [0.5, 0.6) is 5.75 Å². The molecule has 0 atom stereocenters. The van der Waals surface area contributed by atoms with Crippen molar-refractivity contribution in [1.82, 2.24) is 4.40 Å². The van der Waals surface area contributed by atoms with Crippen LogP contribution in [0.4, 0.5) is 0 Å². The van der Waals surface area contributed by atoms with E-state index in [9.17, 15) is 4.79 Å². The minimum atomic E-state index is 0.650. The Kier molecular flexibility index (Phi) is 3.72. The molecule has 0 radical (unpaired) electrons. The second-order valence-electron chi connectivity index (χ2n) is 5.43. The molecule has 0 unspecified atom stereocenters. The monoisotopic (exact) mass is 293 g/mol. The molecule has 0 spiro atoms. The third-order valence-electron chi connectivity index (χ3n) is 3.89. The van der Waals surface area contributed by atoms with Gasteiger partial charge in [0.05, 0.1) is 12.3 Å². The fourth-order valence-corrected chi connectivity index (χ4v) is 2.97. The summed E-state index contributed by atoms with van der Waals surface area (Å²) in [5.41, 5.74) is 5.87. The van der Waals surface area contributed by atoms with Crippen molar-refractivity contribution < 1.29 is 9.53 Å². The van der Waals surface area contributed by atoms with Crippen LogP contribution in [0.2, 0.25) is 0 Å². The zero-order valence-electron chi connectivity index (χ0n) is 13.1. The predicted molar refractivity (Wildman–Crippen MR) is 88.9 cm³/mol. The van der Waals surface area contributed by atoms with E-state index in [0.717, 1.165) is 39.8 Å². The number of aryl methyl sites for hydroxylation is 2. The first-order chi connectivity index (χ1) is 10.7. The maximum atomic E-state index is 11.6. The van der Waals surface area contributed by atoms with E-state index in [1.807, 2.05) is 49.6 Å². The van der Waals surface area contributed by atoms with Crippen molar-refractivity contribution in [3.63, 3.8) is 0 Å². The molecular weight excluding hydrogens is 274 g/mol. The second kappa shape index (κ2) is 5.68. The zero-order valence-corrected chi connectivity index (χ0v) is 13.1. The maximum Gasteiger partial charge on any atom is 0.167 e. The van der Waals surface area contributed by atoms with Crippen LogP contribution in [-0.4, -0.2) is 17.3 Å². The van der Waals surface area contributed by atoms with Crippen molar-refractivity contribution in [3.05, 3.63) is 59.4 Å². The molecule has 1 aromatic carbocycles. The van der Waals surface area contributed by atoms with Gasteiger partial charge in [0.2, 0.25) is 0 Å². The van der Waals surface area contributed by atoms with E-state index >= 15 is 0 Å². The van der Waals surface area contributed by atoms with E-state index < -0.39 is 0 Å². The number of benzene rings is 1. The fraction of sp³-hybridized carbons (Fsp3) is 0.211. The highest BCUT2D eigenvalue weighted by Crippen LogP contribution is 2.33. The highest BCUT2D eigenvalue weighted by molar-refractivity contribution is 5.90. The standard InChI is InChI=1S/C19H19NO2/c1-4-22-19-13(2)9-15(10-14(19)3)17-11-16-7-5-6-8-20(16)18(17)12-21/h5-12H,4H2,1-3H3. The number of aldehydes is 1. The lowest BCUT2D eigenvalue weighted by Crippen LogP contribution is -1.98. The Morgan fingerprint density at radius 3 is 2.50 bits per heavy atom. The molecule has 0 fully saturated rings. The first kappa shape index (κ1) is 14.4. The zero-order chi connectivity index (χ0) is 15.7. The SMILES string of the molecule is CCOc1c(C)cc(-c2cc3ccccn3c2C=O)cc1C. The molecule has 2 heterocycles. The number of aromatic nitrogens is 1. The third-order valence-corrected chi connectivity index (χ3v) is 3.89. The van der Waals surface area contributed by atoms with Crippen molar-refractivity contribution in [2.75, 3.05) is 6.61 Å². The first-order valence-electron chi connectivity index (χ1n) is 7.45. The first-order valence-corrected chi connectivity index (χ1v) is 7.45. The molecule has 0 saturated heterocycles. The van der Waals surface area contributed by atoms with E-state index in [1.54, 1.807) is 0 Å². The van der Waals surface area contributed by atoms with Gasteiger partial charge in [-0.15, -0.1) is 0 Å². The van der Waals surface area contributed by atoms with E-state index in [1.165, 1.54) is 0 Å². The molecule has 3 aromatic rings. The number of carbonyl (C=O) groups excluding carboxylic acids is 1. The van der Waals surface area contributed by atoms with Gasteiger partial charge in [-0.1, -0.05) is 6.07 Å². The quantitative estimate of drug-likeness (QED) is 0.666. The number of nitrogens with zero attached hydrogens (tertiary/aromatic N) is 1. The number of ether oxygens (including phenoxy) is 1. The van der Waals surface area contributed by atoms with Crippen molar-refractivity contribution in [1.29, 1.82) is 0 Å². The molecule has 0 saturated carbocycles. The molecule has 0 N–H and O–H groups in total. The van der Waals surface area contributed by atoms with Gasteiger partial charge in [-0.2, -0.15) is 0 Å². The summed E-state index contributed by atoms with van der Waals surface area (Å²) in [6.07, 6.45) is 2.83. The number of rotatable bonds is 4. The Hall–Kier alpha value is -2.55. The van der Waals surface area contributed by atoms with Gasteiger partial charge >= 0.3 is 0 Å². The van der Waals surface area contributed by atoms with Crippen molar-refractivity contribution in [2.45, 2.75) is 20.8 Å². The van der Waals surface area contributed by atoms with Crippen LogP contribution in [0.3, 0.4) is 0 Å². The molecule has 3 heteroatoms. The van der Waals surface area contributed by atoms with E-state index in [0.29, 0.717) is 12.3 Å².